The third-order valence-electron chi connectivity index (χ3n) is 3.60. The third kappa shape index (κ3) is 6.49. The van der Waals surface area contributed by atoms with Crippen molar-refractivity contribution in [3.05, 3.63) is 11.5 Å². The van der Waals surface area contributed by atoms with Crippen molar-refractivity contribution in [2.45, 2.75) is 72.5 Å². The minimum atomic E-state index is -1.51. The fourth-order valence-corrected chi connectivity index (χ4v) is 12.1. The number of nitrogens with one attached hydrogen (secondary N) is 1. The molecule has 0 aromatic carbocycles. The summed E-state index contributed by atoms with van der Waals surface area (Å²) in [5.74, 6) is 1.47. The van der Waals surface area contributed by atoms with Crippen molar-refractivity contribution >= 4 is 16.5 Å². The van der Waals surface area contributed by atoms with Crippen LogP contribution >= 0.6 is 0 Å². The van der Waals surface area contributed by atoms with Gasteiger partial charge in [0.15, 0.2) is 0 Å². The number of rotatable bonds is 5. The maximum atomic E-state index is 3.99. The van der Waals surface area contributed by atoms with Crippen molar-refractivity contribution in [2.75, 3.05) is 13.1 Å². The molecule has 0 amide bonds. The number of hydrogen-bond acceptors (Lipinski definition) is 3. The summed E-state index contributed by atoms with van der Waals surface area (Å²) >= 11 is 0. The molecule has 0 unspecified atom stereocenters. The largest absolute Gasteiger partial charge is 0.356 e. The summed E-state index contributed by atoms with van der Waals surface area (Å²) in [4.78, 5) is 5.14. The molecule has 6 heteroatoms. The first-order chi connectivity index (χ1) is 8.93. The molecule has 1 N–H and O–H groups in total. The van der Waals surface area contributed by atoms with Gasteiger partial charge >= 0.3 is 0 Å². The van der Waals surface area contributed by atoms with E-state index in [1.165, 1.54) is 18.9 Å². The van der Waals surface area contributed by atoms with Gasteiger partial charge in [-0.1, -0.05) is 32.7 Å². The summed E-state index contributed by atoms with van der Waals surface area (Å²) in [7, 11) is -2.75. The molecule has 0 aromatic rings. The Morgan fingerprint density at radius 2 is 1.29 bits per heavy atom. The van der Waals surface area contributed by atoms with Crippen LogP contribution in [0.1, 0.15) is 27.7 Å². The maximum Gasteiger partial charge on any atom is 0.141 e. The first-order valence-electron chi connectivity index (χ1n) is 7.98. The van der Waals surface area contributed by atoms with Crippen molar-refractivity contribution in [2.24, 2.45) is 0 Å². The van der Waals surface area contributed by atoms with Crippen LogP contribution in [0.5, 0.6) is 0 Å². The SMILES string of the molecule is CC(C)N1CCN(C(C)C)C1=C[Si](C)(C)N[Si](C)(C)C.[Cu]. The smallest absolute Gasteiger partial charge is 0.141 e. The quantitative estimate of drug-likeness (QED) is 0.741. The van der Waals surface area contributed by atoms with Gasteiger partial charge in [-0.05, 0) is 33.4 Å². The Bertz CT molecular complexity index is 344. The van der Waals surface area contributed by atoms with E-state index in [0.29, 0.717) is 12.1 Å². The van der Waals surface area contributed by atoms with Crippen LogP contribution in [0.4, 0.5) is 0 Å². The zero-order chi connectivity index (χ0) is 15.7. The van der Waals surface area contributed by atoms with E-state index in [1.54, 1.807) is 0 Å². The van der Waals surface area contributed by atoms with Gasteiger partial charge in [0.2, 0.25) is 0 Å². The van der Waals surface area contributed by atoms with Crippen LogP contribution in [-0.2, 0) is 17.1 Å². The molecule has 1 heterocycles. The molecule has 1 radical (unpaired) electrons. The fourth-order valence-electron chi connectivity index (χ4n) is 3.15. The van der Waals surface area contributed by atoms with Gasteiger partial charge in [0.25, 0.3) is 0 Å². The number of hydrogen-bond donors (Lipinski definition) is 1. The van der Waals surface area contributed by atoms with Gasteiger partial charge in [0.1, 0.15) is 16.5 Å². The Kier molecular flexibility index (Phi) is 7.78. The van der Waals surface area contributed by atoms with Crippen molar-refractivity contribution in [1.29, 1.82) is 0 Å². The molecule has 0 aromatic heterocycles. The van der Waals surface area contributed by atoms with E-state index in [0.717, 1.165) is 0 Å². The molecule has 1 saturated heterocycles. The second-order valence-corrected chi connectivity index (χ2v) is 17.4. The Hall–Kier alpha value is 0.253. The van der Waals surface area contributed by atoms with Gasteiger partial charge in [-0.25, -0.2) is 0 Å². The average Bonchev–Trinajstić information content (AvgIpc) is 2.55. The van der Waals surface area contributed by atoms with Crippen LogP contribution in [0, 0.1) is 0 Å². The fraction of sp³-hybridized carbons (Fsp3) is 0.867. The minimum Gasteiger partial charge on any atom is -0.356 e. The monoisotopic (exact) mass is 376 g/mol. The van der Waals surface area contributed by atoms with Crippen LogP contribution in [0.3, 0.4) is 0 Å². The standard InChI is InChI=1S/C15H35N3Si2.Cu/c1-13(2)17-10-11-18(14(3)4)15(17)12-20(8,9)16-19(5,6)7;/h12-14,16H,10-11H2,1-9H3;. The predicted molar refractivity (Wildman–Crippen MR) is 95.7 cm³/mol. The first kappa shape index (κ1) is 21.3. The molecular weight excluding hydrogens is 342 g/mol. The van der Waals surface area contributed by atoms with E-state index < -0.39 is 16.5 Å². The summed E-state index contributed by atoms with van der Waals surface area (Å²) in [5, 5.41) is 0. The molecule has 0 aliphatic carbocycles. The Morgan fingerprint density at radius 3 is 1.57 bits per heavy atom. The van der Waals surface area contributed by atoms with E-state index in [2.05, 4.69) is 80.6 Å². The molecule has 1 aliphatic rings. The normalized spacial score (nSPS) is 16.8. The molecule has 3 nitrogen and oxygen atoms in total. The van der Waals surface area contributed by atoms with Crippen LogP contribution in [0.25, 0.3) is 0 Å². The van der Waals surface area contributed by atoms with Crippen LogP contribution < -0.4 is 4.65 Å². The summed E-state index contributed by atoms with van der Waals surface area (Å²) in [6.07, 6.45) is 0. The Labute approximate surface area is 145 Å². The van der Waals surface area contributed by atoms with Gasteiger partial charge in [0.05, 0.1) is 5.82 Å². The van der Waals surface area contributed by atoms with Crippen LogP contribution in [0.15, 0.2) is 11.5 Å². The van der Waals surface area contributed by atoms with E-state index >= 15 is 0 Å². The summed E-state index contributed by atoms with van der Waals surface area (Å²) in [5.41, 5.74) is 2.58. The third-order valence-corrected chi connectivity index (χ3v) is 10.2. The maximum absolute atomic E-state index is 3.99. The van der Waals surface area contributed by atoms with E-state index in [1.807, 2.05) is 0 Å². The second-order valence-electron chi connectivity index (χ2n) is 8.17. The van der Waals surface area contributed by atoms with Crippen molar-refractivity contribution in [1.82, 2.24) is 14.4 Å². The number of nitrogens with zero attached hydrogens (tertiary/aromatic N) is 2. The Morgan fingerprint density at radius 1 is 0.905 bits per heavy atom. The van der Waals surface area contributed by atoms with E-state index in [4.69, 9.17) is 0 Å². The topological polar surface area (TPSA) is 18.5 Å². The Balaban J connectivity index is 0.00000400. The predicted octanol–water partition coefficient (Wildman–Crippen LogP) is 3.43. The molecule has 21 heavy (non-hydrogen) atoms. The molecule has 1 fully saturated rings. The molecular formula is C15H35CuN3Si2. The second kappa shape index (κ2) is 7.69. The summed E-state index contributed by atoms with van der Waals surface area (Å²) in [6.45, 7) is 23.6. The zero-order valence-electron chi connectivity index (χ0n) is 15.3. The summed E-state index contributed by atoms with van der Waals surface area (Å²) < 4.78 is 3.99. The van der Waals surface area contributed by atoms with Crippen molar-refractivity contribution in [3.63, 3.8) is 0 Å². The molecule has 0 saturated carbocycles. The molecule has 0 atom stereocenters. The van der Waals surface area contributed by atoms with Gasteiger partial charge in [-0.3, -0.25) is 0 Å². The molecule has 1 aliphatic heterocycles. The van der Waals surface area contributed by atoms with E-state index in [9.17, 15) is 0 Å². The van der Waals surface area contributed by atoms with E-state index in [-0.39, 0.29) is 17.1 Å². The zero-order valence-corrected chi connectivity index (χ0v) is 18.3. The van der Waals surface area contributed by atoms with Gasteiger partial charge in [-0.15, -0.1) is 0 Å². The molecule has 0 spiro atoms. The average molecular weight is 377 g/mol. The molecule has 129 valence electrons. The molecule has 1 rings (SSSR count). The molecule has 0 bridgehead atoms. The van der Waals surface area contributed by atoms with Crippen molar-refractivity contribution < 1.29 is 17.1 Å². The van der Waals surface area contributed by atoms with Crippen LogP contribution in [0.2, 0.25) is 32.7 Å². The first-order valence-corrected chi connectivity index (χ1v) is 14.6. The van der Waals surface area contributed by atoms with Gasteiger partial charge in [-0.2, -0.15) is 0 Å². The van der Waals surface area contributed by atoms with Crippen LogP contribution in [-0.4, -0.2) is 51.4 Å². The minimum absolute atomic E-state index is 0. The van der Waals surface area contributed by atoms with Gasteiger partial charge in [0, 0.05) is 42.2 Å². The van der Waals surface area contributed by atoms with Crippen molar-refractivity contribution in [3.8, 4) is 0 Å². The summed E-state index contributed by atoms with van der Waals surface area (Å²) in [6, 6.07) is 1.17. The van der Waals surface area contributed by atoms with Gasteiger partial charge < -0.3 is 14.4 Å².